The number of aryl methyl sites for hydroxylation is 1. The van der Waals surface area contributed by atoms with Crippen molar-refractivity contribution in [2.24, 2.45) is 0 Å². The molecule has 5 nitrogen and oxygen atoms in total. The summed E-state index contributed by atoms with van der Waals surface area (Å²) < 4.78 is 5.82. The predicted octanol–water partition coefficient (Wildman–Crippen LogP) is 3.36. The number of morpholine rings is 1. The topological polar surface area (TPSA) is 54.5 Å². The fourth-order valence-electron chi connectivity index (χ4n) is 2.56. The number of amides is 1. The number of halogens is 1. The molecule has 1 saturated heterocycles. The van der Waals surface area contributed by atoms with Crippen LogP contribution in [-0.4, -0.2) is 42.5 Å². The zero-order valence-electron chi connectivity index (χ0n) is 13.0. The van der Waals surface area contributed by atoms with Gasteiger partial charge in [0.25, 0.3) is 5.91 Å². The summed E-state index contributed by atoms with van der Waals surface area (Å²) in [6.45, 7) is 3.51. The predicted molar refractivity (Wildman–Crippen MR) is 92.4 cm³/mol. The number of aromatic nitrogens is 1. The molecule has 2 aromatic rings. The zero-order chi connectivity index (χ0) is 16.4. The van der Waals surface area contributed by atoms with Crippen LogP contribution in [0.3, 0.4) is 0 Å². The number of ether oxygens (including phenoxy) is 1. The van der Waals surface area contributed by atoms with Crippen LogP contribution in [0.5, 0.6) is 0 Å². The van der Waals surface area contributed by atoms with Gasteiger partial charge >= 0.3 is 0 Å². The monoisotopic (exact) mass is 351 g/mol. The molecule has 1 N–H and O–H groups in total. The van der Waals surface area contributed by atoms with Crippen molar-refractivity contribution in [3.63, 3.8) is 0 Å². The normalized spacial score (nSPS) is 18.0. The fourth-order valence-corrected chi connectivity index (χ4v) is 3.57. The van der Waals surface area contributed by atoms with Crippen molar-refractivity contribution in [3.8, 4) is 0 Å². The molecule has 23 heavy (non-hydrogen) atoms. The minimum Gasteiger partial charge on any atom is -0.370 e. The molecule has 0 aliphatic carbocycles. The van der Waals surface area contributed by atoms with Gasteiger partial charge in [-0.2, -0.15) is 0 Å². The molecule has 1 aromatic heterocycles. The van der Waals surface area contributed by atoms with Crippen molar-refractivity contribution in [1.82, 2.24) is 9.88 Å². The van der Waals surface area contributed by atoms with E-state index in [9.17, 15) is 4.79 Å². The van der Waals surface area contributed by atoms with E-state index >= 15 is 0 Å². The molecular formula is C16H18ClN3O2S. The van der Waals surface area contributed by atoms with Gasteiger partial charge in [-0.1, -0.05) is 35.1 Å². The van der Waals surface area contributed by atoms with Crippen LogP contribution in [0.4, 0.5) is 5.13 Å². The molecular weight excluding hydrogens is 334 g/mol. The van der Waals surface area contributed by atoms with Crippen LogP contribution >= 0.6 is 22.9 Å². The molecule has 0 unspecified atom stereocenters. The lowest BCUT2D eigenvalue weighted by Gasteiger charge is -2.33. The molecule has 1 aliphatic rings. The molecule has 2 heterocycles. The Labute approximate surface area is 144 Å². The fraction of sp³-hybridized carbons (Fsp3) is 0.375. The van der Waals surface area contributed by atoms with Crippen LogP contribution in [0, 0.1) is 6.92 Å². The van der Waals surface area contributed by atoms with Crippen LogP contribution in [0.25, 0.3) is 0 Å². The van der Waals surface area contributed by atoms with Crippen molar-refractivity contribution in [1.29, 1.82) is 0 Å². The Morgan fingerprint density at radius 1 is 1.43 bits per heavy atom. The molecule has 3 rings (SSSR count). The molecule has 122 valence electrons. The smallest absolute Gasteiger partial charge is 0.266 e. The Hall–Kier alpha value is -1.63. The molecule has 0 spiro atoms. The van der Waals surface area contributed by atoms with Gasteiger partial charge in [-0.3, -0.25) is 4.79 Å². The van der Waals surface area contributed by atoms with Crippen molar-refractivity contribution in [2.45, 2.75) is 13.0 Å². The summed E-state index contributed by atoms with van der Waals surface area (Å²) in [4.78, 5) is 19.6. The Kier molecular flexibility index (Phi) is 4.84. The molecule has 0 saturated carbocycles. The zero-order valence-corrected chi connectivity index (χ0v) is 14.6. The Morgan fingerprint density at radius 3 is 2.83 bits per heavy atom. The van der Waals surface area contributed by atoms with E-state index in [0.717, 1.165) is 16.4 Å². The first-order valence-electron chi connectivity index (χ1n) is 7.40. The van der Waals surface area contributed by atoms with E-state index in [1.165, 1.54) is 11.3 Å². The first-order valence-corrected chi connectivity index (χ1v) is 8.59. The van der Waals surface area contributed by atoms with Crippen molar-refractivity contribution in [3.05, 3.63) is 45.4 Å². The van der Waals surface area contributed by atoms with E-state index in [1.54, 1.807) is 7.05 Å². The van der Waals surface area contributed by atoms with Gasteiger partial charge < -0.3 is 15.0 Å². The number of nitrogens with zero attached hydrogens (tertiary/aromatic N) is 2. The highest BCUT2D eigenvalue weighted by molar-refractivity contribution is 7.17. The number of carbonyl (C=O) groups excluding carboxylic acids is 1. The SMILES string of the molecule is CNc1nc(C)c(C(=O)N2CCO[C@@H](c3ccc(Cl)cc3)C2)s1. The highest BCUT2D eigenvalue weighted by Gasteiger charge is 2.28. The van der Waals surface area contributed by atoms with Crippen molar-refractivity contribution < 1.29 is 9.53 Å². The maximum absolute atomic E-state index is 12.8. The van der Waals surface area contributed by atoms with Gasteiger partial charge in [0.2, 0.25) is 0 Å². The molecule has 0 bridgehead atoms. The first-order chi connectivity index (χ1) is 11.1. The largest absolute Gasteiger partial charge is 0.370 e. The van der Waals surface area contributed by atoms with E-state index in [0.29, 0.717) is 29.6 Å². The number of hydrogen-bond donors (Lipinski definition) is 1. The van der Waals surface area contributed by atoms with E-state index < -0.39 is 0 Å². The quantitative estimate of drug-likeness (QED) is 0.921. The Bertz CT molecular complexity index is 702. The second-order valence-electron chi connectivity index (χ2n) is 5.35. The van der Waals surface area contributed by atoms with Gasteiger partial charge in [-0.05, 0) is 24.6 Å². The summed E-state index contributed by atoms with van der Waals surface area (Å²) in [7, 11) is 1.80. The van der Waals surface area contributed by atoms with Gasteiger partial charge in [0, 0.05) is 18.6 Å². The standard InChI is InChI=1S/C16H18ClN3O2S/c1-10-14(23-16(18-2)19-10)15(21)20-7-8-22-13(9-20)11-3-5-12(17)6-4-11/h3-6,13H,7-9H2,1-2H3,(H,18,19)/t13-/m1/s1. The molecule has 0 radical (unpaired) electrons. The summed E-state index contributed by atoms with van der Waals surface area (Å²) in [5, 5.41) is 4.44. The molecule has 1 aliphatic heterocycles. The third-order valence-electron chi connectivity index (χ3n) is 3.80. The van der Waals surface area contributed by atoms with E-state index in [2.05, 4.69) is 10.3 Å². The first kappa shape index (κ1) is 16.2. The lowest BCUT2D eigenvalue weighted by Crippen LogP contribution is -2.42. The number of anilines is 1. The summed E-state index contributed by atoms with van der Waals surface area (Å²) in [6, 6.07) is 7.57. The van der Waals surface area contributed by atoms with Crippen LogP contribution in [0.15, 0.2) is 24.3 Å². The molecule has 1 amide bonds. The maximum atomic E-state index is 12.8. The van der Waals surface area contributed by atoms with Crippen LogP contribution in [0.2, 0.25) is 5.02 Å². The van der Waals surface area contributed by atoms with Crippen LogP contribution in [-0.2, 0) is 4.74 Å². The summed E-state index contributed by atoms with van der Waals surface area (Å²) in [5.41, 5.74) is 1.79. The Balaban J connectivity index is 1.76. The average molecular weight is 352 g/mol. The molecule has 1 aromatic carbocycles. The number of carbonyl (C=O) groups is 1. The van der Waals surface area contributed by atoms with Gasteiger partial charge in [-0.25, -0.2) is 4.98 Å². The highest BCUT2D eigenvalue weighted by Crippen LogP contribution is 2.28. The number of rotatable bonds is 3. The summed E-state index contributed by atoms with van der Waals surface area (Å²) in [5.74, 6) is 0.0174. The second kappa shape index (κ2) is 6.86. The van der Waals surface area contributed by atoms with Crippen molar-refractivity contribution >= 4 is 34.0 Å². The number of hydrogen-bond acceptors (Lipinski definition) is 5. The van der Waals surface area contributed by atoms with Gasteiger partial charge in [0.1, 0.15) is 11.0 Å². The molecule has 1 fully saturated rings. The van der Waals surface area contributed by atoms with Crippen molar-refractivity contribution in [2.75, 3.05) is 32.1 Å². The van der Waals surface area contributed by atoms with Gasteiger partial charge in [0.15, 0.2) is 5.13 Å². The van der Waals surface area contributed by atoms with Gasteiger partial charge in [-0.15, -0.1) is 0 Å². The summed E-state index contributed by atoms with van der Waals surface area (Å²) >= 11 is 7.31. The van der Waals surface area contributed by atoms with E-state index in [4.69, 9.17) is 16.3 Å². The van der Waals surface area contributed by atoms with E-state index in [-0.39, 0.29) is 12.0 Å². The highest BCUT2D eigenvalue weighted by atomic mass is 35.5. The number of nitrogens with one attached hydrogen (secondary N) is 1. The molecule has 1 atom stereocenters. The molecule has 7 heteroatoms. The lowest BCUT2D eigenvalue weighted by molar-refractivity contribution is -0.0226. The second-order valence-corrected chi connectivity index (χ2v) is 6.78. The summed E-state index contributed by atoms with van der Waals surface area (Å²) in [6.07, 6.45) is -0.123. The number of benzene rings is 1. The average Bonchev–Trinajstić information content (AvgIpc) is 2.96. The minimum atomic E-state index is -0.123. The lowest BCUT2D eigenvalue weighted by atomic mass is 10.1. The third-order valence-corrected chi connectivity index (χ3v) is 5.22. The Morgan fingerprint density at radius 2 is 2.17 bits per heavy atom. The van der Waals surface area contributed by atoms with E-state index in [1.807, 2.05) is 36.1 Å². The van der Waals surface area contributed by atoms with Crippen LogP contribution < -0.4 is 5.32 Å². The minimum absolute atomic E-state index is 0.0174. The third kappa shape index (κ3) is 3.49. The van der Waals surface area contributed by atoms with Gasteiger partial charge in [0.05, 0.1) is 18.8 Å². The number of thiazole rings is 1. The maximum Gasteiger partial charge on any atom is 0.266 e. The van der Waals surface area contributed by atoms with Crippen LogP contribution in [0.1, 0.15) is 27.0 Å².